The Labute approximate surface area is 126 Å². The molecule has 2 rings (SSSR count). The SMILES string of the molecule is CCCn1cc(-c2nc(N)c(I)c(C(C)C)n2)cn1. The molecule has 0 aliphatic heterocycles. The van der Waals surface area contributed by atoms with Crippen LogP contribution in [-0.4, -0.2) is 19.7 Å². The molecule has 2 N–H and O–H groups in total. The summed E-state index contributed by atoms with van der Waals surface area (Å²) in [7, 11) is 0. The van der Waals surface area contributed by atoms with Crippen molar-refractivity contribution in [3.05, 3.63) is 21.7 Å². The van der Waals surface area contributed by atoms with Crippen LogP contribution >= 0.6 is 22.6 Å². The van der Waals surface area contributed by atoms with Gasteiger partial charge in [-0.15, -0.1) is 0 Å². The summed E-state index contributed by atoms with van der Waals surface area (Å²) in [6.07, 6.45) is 4.81. The second-order valence-corrected chi connectivity index (χ2v) is 5.86. The van der Waals surface area contributed by atoms with Gasteiger partial charge < -0.3 is 5.73 Å². The maximum atomic E-state index is 5.98. The normalized spacial score (nSPS) is 11.2. The molecule has 0 aliphatic rings. The van der Waals surface area contributed by atoms with Gasteiger partial charge in [-0.2, -0.15) is 5.10 Å². The van der Waals surface area contributed by atoms with Crippen molar-refractivity contribution in [2.24, 2.45) is 0 Å². The predicted molar refractivity (Wildman–Crippen MR) is 84.8 cm³/mol. The second-order valence-electron chi connectivity index (χ2n) is 4.78. The van der Waals surface area contributed by atoms with Crippen LogP contribution in [0.15, 0.2) is 12.4 Å². The summed E-state index contributed by atoms with van der Waals surface area (Å²) in [5.74, 6) is 1.52. The van der Waals surface area contributed by atoms with Crippen LogP contribution < -0.4 is 5.73 Å². The number of hydrogen-bond donors (Lipinski definition) is 1. The van der Waals surface area contributed by atoms with E-state index in [9.17, 15) is 0 Å². The van der Waals surface area contributed by atoms with Crippen LogP contribution in [0.3, 0.4) is 0 Å². The number of anilines is 1. The molecule has 0 spiro atoms. The van der Waals surface area contributed by atoms with E-state index in [0.29, 0.717) is 17.6 Å². The van der Waals surface area contributed by atoms with E-state index >= 15 is 0 Å². The van der Waals surface area contributed by atoms with E-state index in [0.717, 1.165) is 27.8 Å². The molecule has 0 unspecified atom stereocenters. The summed E-state index contributed by atoms with van der Waals surface area (Å²) in [6, 6.07) is 0. The molecule has 0 aromatic carbocycles. The minimum atomic E-state index is 0.321. The van der Waals surface area contributed by atoms with Gasteiger partial charge in [0.15, 0.2) is 5.82 Å². The molecular weight excluding hydrogens is 353 g/mol. The molecule has 5 nitrogen and oxygen atoms in total. The molecule has 0 aliphatic carbocycles. The van der Waals surface area contributed by atoms with Crippen molar-refractivity contribution in [3.63, 3.8) is 0 Å². The Morgan fingerprint density at radius 2 is 2.11 bits per heavy atom. The smallest absolute Gasteiger partial charge is 0.165 e. The van der Waals surface area contributed by atoms with Gasteiger partial charge in [-0.05, 0) is 34.9 Å². The van der Waals surface area contributed by atoms with Crippen molar-refractivity contribution in [1.29, 1.82) is 0 Å². The van der Waals surface area contributed by atoms with Crippen molar-refractivity contribution < 1.29 is 0 Å². The number of aryl methyl sites for hydroxylation is 1. The summed E-state index contributed by atoms with van der Waals surface area (Å²) in [5, 5.41) is 4.30. The Morgan fingerprint density at radius 1 is 1.37 bits per heavy atom. The maximum Gasteiger partial charge on any atom is 0.165 e. The number of nitrogens with two attached hydrogens (primary N) is 1. The monoisotopic (exact) mass is 371 g/mol. The zero-order valence-electron chi connectivity index (χ0n) is 11.4. The van der Waals surface area contributed by atoms with E-state index < -0.39 is 0 Å². The van der Waals surface area contributed by atoms with Gasteiger partial charge >= 0.3 is 0 Å². The van der Waals surface area contributed by atoms with E-state index in [2.05, 4.69) is 58.4 Å². The van der Waals surface area contributed by atoms with Gasteiger partial charge in [-0.1, -0.05) is 20.8 Å². The molecule has 2 aromatic heterocycles. The average Bonchev–Trinajstić information content (AvgIpc) is 2.81. The Balaban J connectivity index is 2.44. The number of hydrogen-bond acceptors (Lipinski definition) is 4. The highest BCUT2D eigenvalue weighted by Crippen LogP contribution is 2.26. The third-order valence-corrected chi connectivity index (χ3v) is 3.90. The van der Waals surface area contributed by atoms with E-state index in [1.807, 2.05) is 10.9 Å². The summed E-state index contributed by atoms with van der Waals surface area (Å²) >= 11 is 2.20. The number of nitrogen functional groups attached to an aromatic ring is 1. The van der Waals surface area contributed by atoms with Gasteiger partial charge in [-0.25, -0.2) is 9.97 Å². The van der Waals surface area contributed by atoms with E-state index in [1.165, 1.54) is 0 Å². The Bertz CT molecular complexity index is 576. The van der Waals surface area contributed by atoms with Crippen LogP contribution in [-0.2, 0) is 6.54 Å². The molecule has 0 amide bonds. The average molecular weight is 371 g/mol. The number of rotatable bonds is 4. The lowest BCUT2D eigenvalue weighted by atomic mass is 10.1. The molecule has 0 bridgehead atoms. The largest absolute Gasteiger partial charge is 0.383 e. The lowest BCUT2D eigenvalue weighted by Crippen LogP contribution is -2.06. The summed E-state index contributed by atoms with van der Waals surface area (Å²) in [5.41, 5.74) is 7.88. The third kappa shape index (κ3) is 3.05. The number of aromatic nitrogens is 4. The van der Waals surface area contributed by atoms with Crippen LogP contribution in [0.4, 0.5) is 5.82 Å². The first-order valence-electron chi connectivity index (χ1n) is 6.38. The fraction of sp³-hybridized carbons (Fsp3) is 0.462. The minimum Gasteiger partial charge on any atom is -0.383 e. The first-order chi connectivity index (χ1) is 9.02. The zero-order valence-corrected chi connectivity index (χ0v) is 13.5. The van der Waals surface area contributed by atoms with Gasteiger partial charge in [0.25, 0.3) is 0 Å². The zero-order chi connectivity index (χ0) is 14.0. The Morgan fingerprint density at radius 3 is 2.74 bits per heavy atom. The van der Waals surface area contributed by atoms with E-state index in [1.54, 1.807) is 6.20 Å². The molecule has 0 saturated heterocycles. The van der Waals surface area contributed by atoms with Crippen molar-refractivity contribution in [2.75, 3.05) is 5.73 Å². The molecule has 102 valence electrons. The minimum absolute atomic E-state index is 0.321. The molecular formula is C13H18IN5. The van der Waals surface area contributed by atoms with Crippen LogP contribution in [0.5, 0.6) is 0 Å². The van der Waals surface area contributed by atoms with Crippen molar-refractivity contribution >= 4 is 28.4 Å². The van der Waals surface area contributed by atoms with Gasteiger partial charge in [0.05, 0.1) is 21.0 Å². The van der Waals surface area contributed by atoms with E-state index in [-0.39, 0.29) is 0 Å². The molecule has 0 fully saturated rings. The lowest BCUT2D eigenvalue weighted by Gasteiger charge is -2.10. The molecule has 2 aromatic rings. The van der Waals surface area contributed by atoms with Crippen LogP contribution in [0.1, 0.15) is 38.8 Å². The molecule has 6 heteroatoms. The van der Waals surface area contributed by atoms with Crippen LogP contribution in [0.2, 0.25) is 0 Å². The topological polar surface area (TPSA) is 69.6 Å². The highest BCUT2D eigenvalue weighted by molar-refractivity contribution is 14.1. The number of halogens is 1. The van der Waals surface area contributed by atoms with Crippen molar-refractivity contribution in [3.8, 4) is 11.4 Å². The molecule has 0 atom stereocenters. The summed E-state index contributed by atoms with van der Waals surface area (Å²) in [6.45, 7) is 7.23. The fourth-order valence-electron chi connectivity index (χ4n) is 1.82. The van der Waals surface area contributed by atoms with Gasteiger partial charge in [-0.3, -0.25) is 4.68 Å². The highest BCUT2D eigenvalue weighted by Gasteiger charge is 2.14. The maximum absolute atomic E-state index is 5.98. The highest BCUT2D eigenvalue weighted by atomic mass is 127. The fourth-order valence-corrected chi connectivity index (χ4v) is 2.69. The van der Waals surface area contributed by atoms with Crippen molar-refractivity contribution in [1.82, 2.24) is 19.7 Å². The second kappa shape index (κ2) is 5.85. The van der Waals surface area contributed by atoms with Crippen molar-refractivity contribution in [2.45, 2.75) is 39.7 Å². The molecule has 0 saturated carbocycles. The molecule has 0 radical (unpaired) electrons. The predicted octanol–water partition coefficient (Wildman–Crippen LogP) is 3.06. The van der Waals surface area contributed by atoms with E-state index in [4.69, 9.17) is 5.73 Å². The molecule has 2 heterocycles. The van der Waals surface area contributed by atoms with Crippen LogP contribution in [0, 0.1) is 3.57 Å². The van der Waals surface area contributed by atoms with Gasteiger partial charge in [0.1, 0.15) is 5.82 Å². The molecule has 19 heavy (non-hydrogen) atoms. The third-order valence-electron chi connectivity index (χ3n) is 2.79. The lowest BCUT2D eigenvalue weighted by molar-refractivity contribution is 0.603. The quantitative estimate of drug-likeness (QED) is 0.839. The van der Waals surface area contributed by atoms with Gasteiger partial charge in [0, 0.05) is 12.7 Å². The summed E-state index contributed by atoms with van der Waals surface area (Å²) in [4.78, 5) is 8.99. The first-order valence-corrected chi connectivity index (χ1v) is 7.46. The first kappa shape index (κ1) is 14.2. The Kier molecular flexibility index (Phi) is 4.38. The van der Waals surface area contributed by atoms with Gasteiger partial charge in [0.2, 0.25) is 0 Å². The Hall–Kier alpha value is -1.18. The number of nitrogens with zero attached hydrogens (tertiary/aromatic N) is 4. The standard InChI is InChI=1S/C13H18IN5/c1-4-5-19-7-9(6-16-19)13-17-11(8(2)3)10(14)12(15)18-13/h6-8H,4-5H2,1-3H3,(H2,15,17,18). The summed E-state index contributed by atoms with van der Waals surface area (Å²) < 4.78 is 2.85. The van der Waals surface area contributed by atoms with Crippen LogP contribution in [0.25, 0.3) is 11.4 Å².